The number of esters is 1. The summed E-state index contributed by atoms with van der Waals surface area (Å²) in [5.74, 6) is 0.198. The molecular formula is C29H38FN2O2+. The van der Waals surface area contributed by atoms with E-state index < -0.39 is 5.54 Å². The summed E-state index contributed by atoms with van der Waals surface area (Å²) in [6, 6.07) is 17.1. The zero-order valence-electron chi connectivity index (χ0n) is 20.4. The summed E-state index contributed by atoms with van der Waals surface area (Å²) in [5.41, 5.74) is 1.47. The van der Waals surface area contributed by atoms with E-state index in [1.807, 2.05) is 30.3 Å². The Morgan fingerprint density at radius 3 is 2.38 bits per heavy atom. The number of rotatable bonds is 7. The lowest BCUT2D eigenvalue weighted by atomic mass is 9.82. The summed E-state index contributed by atoms with van der Waals surface area (Å²) in [6.45, 7) is 8.18. The van der Waals surface area contributed by atoms with Gasteiger partial charge in [0.1, 0.15) is 17.9 Å². The van der Waals surface area contributed by atoms with Crippen LogP contribution in [0.15, 0.2) is 54.6 Å². The van der Waals surface area contributed by atoms with Crippen LogP contribution in [0.2, 0.25) is 0 Å². The van der Waals surface area contributed by atoms with Crippen LogP contribution in [0.4, 0.5) is 4.39 Å². The lowest BCUT2D eigenvalue weighted by molar-refractivity contribution is -0.946. The van der Waals surface area contributed by atoms with E-state index in [9.17, 15) is 9.18 Å². The Balaban J connectivity index is 1.31. The molecule has 2 aromatic rings. The first kappa shape index (κ1) is 23.5. The van der Waals surface area contributed by atoms with Crippen LogP contribution in [0.3, 0.4) is 0 Å². The fraction of sp³-hybridized carbons (Fsp3) is 0.552. The lowest BCUT2D eigenvalue weighted by Gasteiger charge is -2.53. The Hall–Kier alpha value is -2.24. The van der Waals surface area contributed by atoms with E-state index in [-0.39, 0.29) is 17.9 Å². The van der Waals surface area contributed by atoms with Gasteiger partial charge in [0, 0.05) is 25.2 Å². The molecule has 4 aliphatic rings. The normalized spacial score (nSPS) is 28.9. The minimum atomic E-state index is -0.743. The number of quaternary nitrogens is 1. The van der Waals surface area contributed by atoms with E-state index in [1.165, 1.54) is 12.0 Å². The Morgan fingerprint density at radius 1 is 1.03 bits per heavy atom. The van der Waals surface area contributed by atoms with Crippen molar-refractivity contribution < 1.29 is 18.4 Å². The van der Waals surface area contributed by atoms with E-state index in [0.29, 0.717) is 5.92 Å². The largest absolute Gasteiger partial charge is 0.454 e. The average molecular weight is 466 g/mol. The van der Waals surface area contributed by atoms with Crippen LogP contribution in [0.25, 0.3) is 0 Å². The highest BCUT2D eigenvalue weighted by atomic mass is 19.1. The molecule has 1 unspecified atom stereocenters. The minimum Gasteiger partial charge on any atom is -0.454 e. The van der Waals surface area contributed by atoms with E-state index in [4.69, 9.17) is 4.74 Å². The van der Waals surface area contributed by atoms with Crippen LogP contribution in [-0.2, 0) is 21.5 Å². The monoisotopic (exact) mass is 465 g/mol. The van der Waals surface area contributed by atoms with Crippen molar-refractivity contribution in [3.63, 3.8) is 0 Å². The third-order valence-electron chi connectivity index (χ3n) is 8.81. The summed E-state index contributed by atoms with van der Waals surface area (Å²) in [6.07, 6.45) is 6.64. The van der Waals surface area contributed by atoms with Crippen molar-refractivity contribution in [1.82, 2.24) is 4.90 Å². The molecule has 4 nitrogen and oxygen atoms in total. The fourth-order valence-electron chi connectivity index (χ4n) is 6.47. The highest BCUT2D eigenvalue weighted by molar-refractivity contribution is 5.82. The Kier molecular flexibility index (Phi) is 6.76. The highest BCUT2D eigenvalue weighted by Crippen LogP contribution is 2.39. The third-order valence-corrected chi connectivity index (χ3v) is 8.81. The molecule has 2 aromatic carbocycles. The van der Waals surface area contributed by atoms with Crippen molar-refractivity contribution in [3.05, 3.63) is 71.5 Å². The second-order valence-corrected chi connectivity index (χ2v) is 10.8. The van der Waals surface area contributed by atoms with Crippen molar-refractivity contribution in [2.75, 3.05) is 39.3 Å². The van der Waals surface area contributed by atoms with Gasteiger partial charge in [0.05, 0.1) is 19.6 Å². The first-order valence-corrected chi connectivity index (χ1v) is 13.1. The Morgan fingerprint density at radius 2 is 1.71 bits per heavy atom. The minimum absolute atomic E-state index is 0.0176. The number of nitrogens with zero attached hydrogens (tertiary/aromatic N) is 2. The van der Waals surface area contributed by atoms with Gasteiger partial charge in [-0.3, -0.25) is 4.90 Å². The SMILES string of the molecule is CC(C(=O)O[C@H]1C[N+]2(CCc3ccc(F)cc3)CCC1CC2)(c1ccccc1)N1CCCCC1. The van der Waals surface area contributed by atoms with Gasteiger partial charge in [-0.1, -0.05) is 48.9 Å². The smallest absolute Gasteiger partial charge is 0.331 e. The number of likely N-dealkylation sites (tertiary alicyclic amines) is 1. The second-order valence-electron chi connectivity index (χ2n) is 10.8. The first-order valence-electron chi connectivity index (χ1n) is 13.1. The molecule has 0 saturated carbocycles. The number of hydrogen-bond acceptors (Lipinski definition) is 3. The zero-order chi connectivity index (χ0) is 23.6. The summed E-state index contributed by atoms with van der Waals surface area (Å²) >= 11 is 0. The molecule has 34 heavy (non-hydrogen) atoms. The molecule has 182 valence electrons. The number of ether oxygens (including phenoxy) is 1. The van der Waals surface area contributed by atoms with Crippen LogP contribution in [0, 0.1) is 11.7 Å². The van der Waals surface area contributed by atoms with Gasteiger partial charge in [-0.2, -0.15) is 0 Å². The fourth-order valence-corrected chi connectivity index (χ4v) is 6.47. The topological polar surface area (TPSA) is 29.5 Å². The standard InChI is InChI=1S/C29H38FN2O2/c1-29(25-8-4-2-5-9-25,31-17-6-3-7-18-31)28(33)34-27-22-32(20-15-24(27)16-21-32)19-14-23-10-12-26(30)13-11-23/h2,4-5,8-13,24,27H,3,6-7,14-22H2,1H3/q+1/t24?,27-,29?,32?/m0/s1. The van der Waals surface area contributed by atoms with Crippen LogP contribution in [-0.4, -0.2) is 60.7 Å². The molecular weight excluding hydrogens is 427 g/mol. The molecule has 0 aromatic heterocycles. The third kappa shape index (κ3) is 4.65. The van der Waals surface area contributed by atoms with Gasteiger partial charge in [-0.25, -0.2) is 9.18 Å². The summed E-state index contributed by atoms with van der Waals surface area (Å²) < 4.78 is 20.8. The lowest BCUT2D eigenvalue weighted by Crippen LogP contribution is -2.65. The number of carbonyl (C=O) groups is 1. The maximum Gasteiger partial charge on any atom is 0.331 e. The van der Waals surface area contributed by atoms with Crippen molar-refractivity contribution >= 4 is 5.97 Å². The first-order chi connectivity index (χ1) is 16.5. The molecule has 4 aliphatic heterocycles. The number of hydrogen-bond donors (Lipinski definition) is 0. The summed E-state index contributed by atoms with van der Waals surface area (Å²) in [7, 11) is 0. The van der Waals surface area contributed by atoms with Crippen molar-refractivity contribution in [2.24, 2.45) is 5.92 Å². The van der Waals surface area contributed by atoms with Crippen molar-refractivity contribution in [3.8, 4) is 0 Å². The van der Waals surface area contributed by atoms with Gasteiger partial charge in [0.2, 0.25) is 0 Å². The van der Waals surface area contributed by atoms with Gasteiger partial charge >= 0.3 is 5.97 Å². The van der Waals surface area contributed by atoms with Crippen LogP contribution < -0.4 is 0 Å². The van der Waals surface area contributed by atoms with Gasteiger partial charge < -0.3 is 9.22 Å². The maximum absolute atomic E-state index is 13.9. The zero-order valence-corrected chi connectivity index (χ0v) is 20.4. The van der Waals surface area contributed by atoms with E-state index in [0.717, 1.165) is 81.4 Å². The molecule has 0 spiro atoms. The van der Waals surface area contributed by atoms with E-state index in [2.05, 4.69) is 24.0 Å². The molecule has 2 atom stereocenters. The quantitative estimate of drug-likeness (QED) is 0.429. The van der Waals surface area contributed by atoms with Crippen LogP contribution >= 0.6 is 0 Å². The molecule has 2 bridgehead atoms. The molecule has 5 heteroatoms. The highest BCUT2D eigenvalue weighted by Gasteiger charge is 2.50. The molecule has 0 aliphatic carbocycles. The Bertz CT molecular complexity index is 965. The molecule has 4 heterocycles. The van der Waals surface area contributed by atoms with Crippen LogP contribution in [0.5, 0.6) is 0 Å². The molecule has 4 fully saturated rings. The van der Waals surface area contributed by atoms with Gasteiger partial charge in [0.15, 0.2) is 6.10 Å². The van der Waals surface area contributed by atoms with E-state index in [1.54, 1.807) is 12.1 Å². The molecule has 0 N–H and O–H groups in total. The second kappa shape index (κ2) is 9.79. The summed E-state index contributed by atoms with van der Waals surface area (Å²) in [5, 5.41) is 0. The maximum atomic E-state index is 13.9. The molecule has 0 radical (unpaired) electrons. The average Bonchev–Trinajstić information content (AvgIpc) is 2.89. The van der Waals surface area contributed by atoms with Gasteiger partial charge in [-0.05, 0) is 56.1 Å². The number of carbonyl (C=O) groups excluding carboxylic acids is 1. The number of fused-ring (bicyclic) bond motifs is 3. The van der Waals surface area contributed by atoms with E-state index >= 15 is 0 Å². The predicted molar refractivity (Wildman–Crippen MR) is 132 cm³/mol. The van der Waals surface area contributed by atoms with Crippen LogP contribution in [0.1, 0.15) is 50.2 Å². The molecule has 6 rings (SSSR count). The number of piperidine rings is 4. The predicted octanol–water partition coefficient (Wildman–Crippen LogP) is 4.92. The Labute approximate surface area is 203 Å². The van der Waals surface area contributed by atoms with Gasteiger partial charge in [0.25, 0.3) is 0 Å². The number of benzene rings is 2. The molecule has 4 saturated heterocycles. The number of halogens is 1. The van der Waals surface area contributed by atoms with Crippen molar-refractivity contribution in [2.45, 2.75) is 57.1 Å². The van der Waals surface area contributed by atoms with Gasteiger partial charge in [-0.15, -0.1) is 0 Å². The summed E-state index contributed by atoms with van der Waals surface area (Å²) in [4.78, 5) is 16.3. The van der Waals surface area contributed by atoms with Crippen molar-refractivity contribution in [1.29, 1.82) is 0 Å². The molecule has 0 amide bonds.